The maximum absolute atomic E-state index is 14.9. The number of carbonyl (C=O) groups is 3. The highest BCUT2D eigenvalue weighted by atomic mass is 35.5. The third-order valence-corrected chi connectivity index (χ3v) is 8.61. The van der Waals surface area contributed by atoms with E-state index in [2.05, 4.69) is 10.3 Å². The van der Waals surface area contributed by atoms with Crippen molar-refractivity contribution in [2.24, 2.45) is 0 Å². The van der Waals surface area contributed by atoms with Crippen molar-refractivity contribution in [2.75, 3.05) is 43.4 Å². The third kappa shape index (κ3) is 6.71. The normalized spacial score (nSPS) is 17.5. The van der Waals surface area contributed by atoms with Crippen LogP contribution in [0.25, 0.3) is 21.3 Å². The molecule has 1 unspecified atom stereocenters. The standard InChI is InChI=1S/C31H37ClFN5O5S/c1-30(2,3)42-28(40)35-27-34-24-18(8-9-22(33)25(24)44-27)19-15-23-20(14-21(19)32)26(39)38-13-12-37(29(41)43-31(4,5)6)16-17(38)10-11-36(23)7/h8-9,14-15,17H,10-13,16H2,1-7H3,(H,34,35,40). The monoisotopic (exact) mass is 645 g/mol. The molecule has 1 fully saturated rings. The number of thiazole rings is 1. The van der Waals surface area contributed by atoms with Crippen LogP contribution in [0.4, 0.5) is 24.8 Å². The van der Waals surface area contributed by atoms with Gasteiger partial charge in [-0.25, -0.2) is 19.0 Å². The molecule has 0 bridgehead atoms. The molecular formula is C31H37ClFN5O5S. The molecule has 13 heteroatoms. The highest BCUT2D eigenvalue weighted by molar-refractivity contribution is 7.22. The van der Waals surface area contributed by atoms with Gasteiger partial charge in [-0.1, -0.05) is 22.9 Å². The molecule has 0 aliphatic carbocycles. The van der Waals surface area contributed by atoms with Crippen molar-refractivity contribution >= 4 is 62.1 Å². The van der Waals surface area contributed by atoms with Crippen molar-refractivity contribution in [2.45, 2.75) is 65.2 Å². The van der Waals surface area contributed by atoms with Crippen molar-refractivity contribution < 1.29 is 28.2 Å². The van der Waals surface area contributed by atoms with Crippen molar-refractivity contribution in [1.29, 1.82) is 0 Å². The summed E-state index contributed by atoms with van der Waals surface area (Å²) in [6.07, 6.45) is -0.431. The Hall–Kier alpha value is -3.64. The SMILES string of the molecule is CN1CCC2CN(C(=O)OC(C)(C)C)CCN2C(=O)c2cc(Cl)c(-c3ccc(F)c4sc(NC(=O)OC(C)(C)C)nc34)cc21. The zero-order valence-electron chi connectivity index (χ0n) is 25.9. The molecule has 1 N–H and O–H groups in total. The fourth-order valence-electron chi connectivity index (χ4n) is 5.37. The molecule has 3 amide bonds. The van der Waals surface area contributed by atoms with Crippen LogP contribution >= 0.6 is 22.9 Å². The van der Waals surface area contributed by atoms with Crippen LogP contribution in [0.1, 0.15) is 58.3 Å². The van der Waals surface area contributed by atoms with Gasteiger partial charge in [-0.2, -0.15) is 0 Å². The molecule has 3 heterocycles. The van der Waals surface area contributed by atoms with Crippen LogP contribution in [-0.4, -0.2) is 83.3 Å². The Bertz CT molecular complexity index is 1630. The van der Waals surface area contributed by atoms with E-state index in [1.165, 1.54) is 6.07 Å². The summed E-state index contributed by atoms with van der Waals surface area (Å²) in [6.45, 7) is 12.5. The van der Waals surface area contributed by atoms with Crippen LogP contribution in [-0.2, 0) is 9.47 Å². The second-order valence-electron chi connectivity index (χ2n) is 13.1. The minimum atomic E-state index is -0.708. The number of amides is 3. The summed E-state index contributed by atoms with van der Waals surface area (Å²) >= 11 is 7.84. The Morgan fingerprint density at radius 1 is 1.02 bits per heavy atom. The molecule has 0 spiro atoms. The smallest absolute Gasteiger partial charge is 0.413 e. The van der Waals surface area contributed by atoms with Crippen LogP contribution in [0.3, 0.4) is 0 Å². The molecule has 1 saturated heterocycles. The summed E-state index contributed by atoms with van der Waals surface area (Å²) in [5, 5.41) is 3.08. The lowest BCUT2D eigenvalue weighted by Crippen LogP contribution is -2.58. The van der Waals surface area contributed by atoms with Crippen molar-refractivity contribution in [1.82, 2.24) is 14.8 Å². The number of rotatable bonds is 2. The van der Waals surface area contributed by atoms with Crippen LogP contribution in [0.5, 0.6) is 0 Å². The lowest BCUT2D eigenvalue weighted by molar-refractivity contribution is 0.00350. The summed E-state index contributed by atoms with van der Waals surface area (Å²) < 4.78 is 26.0. The van der Waals surface area contributed by atoms with Gasteiger partial charge in [0, 0.05) is 55.1 Å². The maximum atomic E-state index is 14.9. The fraction of sp³-hybridized carbons (Fsp3) is 0.484. The van der Waals surface area contributed by atoms with Crippen LogP contribution in [0, 0.1) is 5.82 Å². The number of aromatic nitrogens is 1. The molecule has 1 atom stereocenters. The average molecular weight is 646 g/mol. The molecule has 10 nitrogen and oxygen atoms in total. The first-order valence-corrected chi connectivity index (χ1v) is 15.6. The predicted octanol–water partition coefficient (Wildman–Crippen LogP) is 7.00. The number of benzene rings is 2. The molecule has 2 aliphatic heterocycles. The van der Waals surface area contributed by atoms with E-state index >= 15 is 0 Å². The highest BCUT2D eigenvalue weighted by Gasteiger charge is 2.37. The lowest BCUT2D eigenvalue weighted by atomic mass is 9.97. The molecule has 44 heavy (non-hydrogen) atoms. The van der Waals surface area contributed by atoms with E-state index in [9.17, 15) is 18.8 Å². The van der Waals surface area contributed by atoms with E-state index in [1.807, 2.05) is 43.7 Å². The van der Waals surface area contributed by atoms with Crippen molar-refractivity contribution in [3.8, 4) is 11.1 Å². The number of hydrogen-bond donors (Lipinski definition) is 1. The van der Waals surface area contributed by atoms with Gasteiger partial charge in [0.2, 0.25) is 0 Å². The average Bonchev–Trinajstić information content (AvgIpc) is 3.33. The van der Waals surface area contributed by atoms with E-state index < -0.39 is 23.1 Å². The van der Waals surface area contributed by atoms with Crippen LogP contribution in [0.15, 0.2) is 24.3 Å². The molecule has 1 aromatic heterocycles. The lowest BCUT2D eigenvalue weighted by Gasteiger charge is -2.44. The van der Waals surface area contributed by atoms with Gasteiger partial charge in [0.05, 0.1) is 21.8 Å². The van der Waals surface area contributed by atoms with E-state index in [0.29, 0.717) is 65.5 Å². The number of halogens is 2. The molecule has 0 saturated carbocycles. The topological polar surface area (TPSA) is 104 Å². The van der Waals surface area contributed by atoms with Gasteiger partial charge in [0.1, 0.15) is 17.0 Å². The predicted molar refractivity (Wildman–Crippen MR) is 170 cm³/mol. The van der Waals surface area contributed by atoms with E-state index in [1.54, 1.807) is 37.8 Å². The Morgan fingerprint density at radius 3 is 2.41 bits per heavy atom. The molecule has 2 aliphatic rings. The zero-order chi connectivity index (χ0) is 32.1. The second kappa shape index (κ2) is 11.7. The minimum Gasteiger partial charge on any atom is -0.444 e. The van der Waals surface area contributed by atoms with Crippen LogP contribution in [0.2, 0.25) is 5.02 Å². The third-order valence-electron chi connectivity index (χ3n) is 7.31. The molecule has 2 aromatic carbocycles. The van der Waals surface area contributed by atoms with Crippen molar-refractivity contribution in [3.05, 3.63) is 40.7 Å². The van der Waals surface area contributed by atoms with Gasteiger partial charge < -0.3 is 24.2 Å². The number of ether oxygens (including phenoxy) is 2. The zero-order valence-corrected chi connectivity index (χ0v) is 27.5. The summed E-state index contributed by atoms with van der Waals surface area (Å²) in [6, 6.07) is 6.23. The first-order chi connectivity index (χ1) is 20.5. The summed E-state index contributed by atoms with van der Waals surface area (Å²) in [5.74, 6) is -0.652. The number of nitrogens with zero attached hydrogens (tertiary/aromatic N) is 4. The van der Waals surface area contributed by atoms with Crippen LogP contribution < -0.4 is 10.2 Å². The fourth-order valence-corrected chi connectivity index (χ4v) is 6.52. The van der Waals surface area contributed by atoms with Gasteiger partial charge in [-0.15, -0.1) is 0 Å². The van der Waals surface area contributed by atoms with Gasteiger partial charge in [0.15, 0.2) is 5.13 Å². The minimum absolute atomic E-state index is 0.171. The number of anilines is 2. The molecule has 0 radical (unpaired) electrons. The molecule has 3 aromatic rings. The second-order valence-corrected chi connectivity index (χ2v) is 14.5. The summed E-state index contributed by atoms with van der Waals surface area (Å²) in [5.41, 5.74) is 1.29. The molecular weight excluding hydrogens is 609 g/mol. The van der Waals surface area contributed by atoms with Crippen molar-refractivity contribution in [3.63, 3.8) is 0 Å². The van der Waals surface area contributed by atoms with Gasteiger partial charge in [-0.3, -0.25) is 10.1 Å². The highest BCUT2D eigenvalue weighted by Crippen LogP contribution is 2.42. The maximum Gasteiger partial charge on any atom is 0.413 e. The van der Waals surface area contributed by atoms with E-state index in [-0.39, 0.29) is 27.9 Å². The Morgan fingerprint density at radius 2 is 1.73 bits per heavy atom. The number of fused-ring (bicyclic) bond motifs is 3. The molecule has 236 valence electrons. The molecule has 5 rings (SSSR count). The van der Waals surface area contributed by atoms with E-state index in [4.69, 9.17) is 21.1 Å². The Kier molecular flexibility index (Phi) is 8.45. The Labute approximate surface area is 265 Å². The van der Waals surface area contributed by atoms with Gasteiger partial charge >= 0.3 is 12.2 Å². The van der Waals surface area contributed by atoms with Gasteiger partial charge in [0.25, 0.3) is 5.91 Å². The summed E-state index contributed by atoms with van der Waals surface area (Å²) in [4.78, 5) is 49.0. The number of piperazine rings is 1. The first-order valence-electron chi connectivity index (χ1n) is 14.4. The number of nitrogens with one attached hydrogen (secondary N) is 1. The number of hydrogen-bond acceptors (Lipinski definition) is 8. The number of carbonyl (C=O) groups excluding carboxylic acids is 3. The first kappa shape index (κ1) is 31.8. The van der Waals surface area contributed by atoms with E-state index in [0.717, 1.165) is 11.3 Å². The summed E-state index contributed by atoms with van der Waals surface area (Å²) in [7, 11) is 1.90. The van der Waals surface area contributed by atoms with Gasteiger partial charge in [-0.05, 0) is 72.2 Å². The largest absolute Gasteiger partial charge is 0.444 e. The Balaban J connectivity index is 1.46. The quantitative estimate of drug-likeness (QED) is 0.320.